The number of carbonyl (C=O) groups excluding carboxylic acids is 1. The zero-order valence-electron chi connectivity index (χ0n) is 9.99. The predicted molar refractivity (Wildman–Crippen MR) is 66.9 cm³/mol. The van der Waals surface area contributed by atoms with Gasteiger partial charge in [0, 0.05) is 12.2 Å². The van der Waals surface area contributed by atoms with Crippen LogP contribution < -0.4 is 10.6 Å². The minimum atomic E-state index is -0.337. The van der Waals surface area contributed by atoms with Gasteiger partial charge in [0.2, 0.25) is 5.91 Å². The molecule has 92 valence electrons. The third-order valence-corrected chi connectivity index (χ3v) is 3.27. The molecule has 2 rings (SSSR count). The highest BCUT2D eigenvalue weighted by Crippen LogP contribution is 2.27. The molecule has 1 aliphatic heterocycles. The van der Waals surface area contributed by atoms with Crippen molar-refractivity contribution in [1.29, 1.82) is 0 Å². The summed E-state index contributed by atoms with van der Waals surface area (Å²) in [6.07, 6.45) is 1.93. The first-order valence-corrected chi connectivity index (χ1v) is 5.91. The molecule has 4 nitrogen and oxygen atoms in total. The largest absolute Gasteiger partial charge is 0.508 e. The van der Waals surface area contributed by atoms with Gasteiger partial charge in [-0.1, -0.05) is 0 Å². The van der Waals surface area contributed by atoms with E-state index in [1.54, 1.807) is 24.3 Å². The van der Waals surface area contributed by atoms with E-state index in [0.29, 0.717) is 0 Å². The SMILES string of the molecule is CC1(C(=O)Nc2ccc(O)cc2)CCCNC1. The molecule has 4 heteroatoms. The number of hydrogen-bond donors (Lipinski definition) is 3. The Kier molecular flexibility index (Phi) is 3.33. The number of aromatic hydroxyl groups is 1. The highest BCUT2D eigenvalue weighted by Gasteiger charge is 2.34. The standard InChI is InChI=1S/C13H18N2O2/c1-13(7-2-8-14-9-13)12(17)15-10-3-5-11(16)6-4-10/h3-6,14,16H,2,7-9H2,1H3,(H,15,17). The Morgan fingerprint density at radius 1 is 1.41 bits per heavy atom. The van der Waals surface area contributed by atoms with Crippen molar-refractivity contribution in [3.8, 4) is 5.75 Å². The summed E-state index contributed by atoms with van der Waals surface area (Å²) in [5.41, 5.74) is 0.385. The molecule has 0 spiro atoms. The molecule has 1 atom stereocenters. The molecule has 0 aliphatic carbocycles. The van der Waals surface area contributed by atoms with Crippen LogP contribution in [0.25, 0.3) is 0 Å². The Hall–Kier alpha value is -1.55. The van der Waals surface area contributed by atoms with E-state index in [2.05, 4.69) is 10.6 Å². The first kappa shape index (κ1) is 11.9. The van der Waals surface area contributed by atoms with E-state index >= 15 is 0 Å². The molecule has 1 heterocycles. The average Bonchev–Trinajstić information content (AvgIpc) is 2.33. The number of phenols is 1. The van der Waals surface area contributed by atoms with E-state index in [-0.39, 0.29) is 17.1 Å². The van der Waals surface area contributed by atoms with Gasteiger partial charge in [-0.15, -0.1) is 0 Å². The fourth-order valence-corrected chi connectivity index (χ4v) is 2.08. The van der Waals surface area contributed by atoms with Crippen LogP contribution in [0.15, 0.2) is 24.3 Å². The number of nitrogens with one attached hydrogen (secondary N) is 2. The molecule has 3 N–H and O–H groups in total. The Morgan fingerprint density at radius 3 is 2.71 bits per heavy atom. The van der Waals surface area contributed by atoms with Crippen molar-refractivity contribution in [2.75, 3.05) is 18.4 Å². The molecule has 0 aromatic heterocycles. The highest BCUT2D eigenvalue weighted by atomic mass is 16.3. The summed E-state index contributed by atoms with van der Waals surface area (Å²) in [7, 11) is 0. The van der Waals surface area contributed by atoms with Crippen LogP contribution in [0.5, 0.6) is 5.75 Å². The number of hydrogen-bond acceptors (Lipinski definition) is 3. The number of amides is 1. The molecule has 1 aliphatic rings. The van der Waals surface area contributed by atoms with Crippen LogP contribution in [-0.4, -0.2) is 24.1 Å². The lowest BCUT2D eigenvalue weighted by Gasteiger charge is -2.32. The van der Waals surface area contributed by atoms with Gasteiger partial charge in [-0.25, -0.2) is 0 Å². The molecule has 17 heavy (non-hydrogen) atoms. The van der Waals surface area contributed by atoms with E-state index in [9.17, 15) is 4.79 Å². The molecule has 0 bridgehead atoms. The van der Waals surface area contributed by atoms with Gasteiger partial charge in [0.25, 0.3) is 0 Å². The van der Waals surface area contributed by atoms with E-state index < -0.39 is 0 Å². The second-order valence-electron chi connectivity index (χ2n) is 4.84. The predicted octanol–water partition coefficient (Wildman–Crippen LogP) is 1.72. The van der Waals surface area contributed by atoms with Gasteiger partial charge >= 0.3 is 0 Å². The van der Waals surface area contributed by atoms with E-state index in [4.69, 9.17) is 5.11 Å². The molecule has 1 aromatic carbocycles. The molecule has 0 saturated carbocycles. The second-order valence-corrected chi connectivity index (χ2v) is 4.84. The number of anilines is 1. The van der Waals surface area contributed by atoms with E-state index in [0.717, 1.165) is 31.6 Å². The number of carbonyl (C=O) groups is 1. The lowest BCUT2D eigenvalue weighted by atomic mass is 9.82. The fraction of sp³-hybridized carbons (Fsp3) is 0.462. The Balaban J connectivity index is 2.03. The van der Waals surface area contributed by atoms with Gasteiger partial charge < -0.3 is 15.7 Å². The molecule has 1 fully saturated rings. The summed E-state index contributed by atoms with van der Waals surface area (Å²) < 4.78 is 0. The summed E-state index contributed by atoms with van der Waals surface area (Å²) in [5.74, 6) is 0.240. The topological polar surface area (TPSA) is 61.4 Å². The van der Waals surface area contributed by atoms with Crippen molar-refractivity contribution in [1.82, 2.24) is 5.32 Å². The monoisotopic (exact) mass is 234 g/mol. The van der Waals surface area contributed by atoms with Crippen molar-refractivity contribution in [2.45, 2.75) is 19.8 Å². The van der Waals surface area contributed by atoms with Crippen LogP contribution in [0, 0.1) is 5.41 Å². The van der Waals surface area contributed by atoms with E-state index in [1.807, 2.05) is 6.92 Å². The van der Waals surface area contributed by atoms with Crippen molar-refractivity contribution >= 4 is 11.6 Å². The lowest BCUT2D eigenvalue weighted by Crippen LogP contribution is -2.46. The fourth-order valence-electron chi connectivity index (χ4n) is 2.08. The van der Waals surface area contributed by atoms with Crippen LogP contribution in [0.2, 0.25) is 0 Å². The van der Waals surface area contributed by atoms with Crippen molar-refractivity contribution < 1.29 is 9.90 Å². The van der Waals surface area contributed by atoms with Crippen LogP contribution in [-0.2, 0) is 4.79 Å². The summed E-state index contributed by atoms with van der Waals surface area (Å²) >= 11 is 0. The number of phenolic OH excluding ortho intramolecular Hbond substituents is 1. The number of benzene rings is 1. The smallest absolute Gasteiger partial charge is 0.231 e. The minimum Gasteiger partial charge on any atom is -0.508 e. The third kappa shape index (κ3) is 2.77. The van der Waals surface area contributed by atoms with Gasteiger partial charge in [0.15, 0.2) is 0 Å². The van der Waals surface area contributed by atoms with Gasteiger partial charge in [-0.2, -0.15) is 0 Å². The maximum Gasteiger partial charge on any atom is 0.231 e. The first-order chi connectivity index (χ1) is 8.10. The zero-order chi connectivity index (χ0) is 12.3. The summed E-state index contributed by atoms with van der Waals surface area (Å²) in [4.78, 5) is 12.2. The van der Waals surface area contributed by atoms with Crippen molar-refractivity contribution in [2.24, 2.45) is 5.41 Å². The third-order valence-electron chi connectivity index (χ3n) is 3.27. The zero-order valence-corrected chi connectivity index (χ0v) is 9.99. The van der Waals surface area contributed by atoms with Gasteiger partial charge in [0.1, 0.15) is 5.75 Å². The summed E-state index contributed by atoms with van der Waals surface area (Å²) in [6.45, 7) is 3.69. The molecular formula is C13H18N2O2. The molecule has 1 unspecified atom stereocenters. The van der Waals surface area contributed by atoms with Crippen LogP contribution >= 0.6 is 0 Å². The molecule has 1 saturated heterocycles. The van der Waals surface area contributed by atoms with Gasteiger partial charge in [0.05, 0.1) is 5.41 Å². The number of piperidine rings is 1. The molecule has 0 radical (unpaired) electrons. The molecule has 1 amide bonds. The summed E-state index contributed by atoms with van der Waals surface area (Å²) in [5, 5.41) is 15.3. The number of rotatable bonds is 2. The maximum absolute atomic E-state index is 12.2. The first-order valence-electron chi connectivity index (χ1n) is 5.91. The van der Waals surface area contributed by atoms with Crippen LogP contribution in [0.3, 0.4) is 0 Å². The Morgan fingerprint density at radius 2 is 2.12 bits per heavy atom. The minimum absolute atomic E-state index is 0.0374. The van der Waals surface area contributed by atoms with Crippen LogP contribution in [0.1, 0.15) is 19.8 Å². The lowest BCUT2D eigenvalue weighted by molar-refractivity contribution is -0.125. The van der Waals surface area contributed by atoms with Gasteiger partial charge in [-0.05, 0) is 50.6 Å². The van der Waals surface area contributed by atoms with E-state index in [1.165, 1.54) is 0 Å². The van der Waals surface area contributed by atoms with Crippen molar-refractivity contribution in [3.05, 3.63) is 24.3 Å². The normalized spacial score (nSPS) is 24.3. The van der Waals surface area contributed by atoms with Gasteiger partial charge in [-0.3, -0.25) is 4.79 Å². The van der Waals surface area contributed by atoms with Crippen LogP contribution in [0.4, 0.5) is 5.69 Å². The molecular weight excluding hydrogens is 216 g/mol. The summed E-state index contributed by atoms with van der Waals surface area (Å²) in [6, 6.07) is 6.54. The highest BCUT2D eigenvalue weighted by molar-refractivity contribution is 5.95. The van der Waals surface area contributed by atoms with Crippen molar-refractivity contribution in [3.63, 3.8) is 0 Å². The second kappa shape index (κ2) is 4.75. The quantitative estimate of drug-likeness (QED) is 0.683. The average molecular weight is 234 g/mol. The molecule has 1 aromatic rings. The maximum atomic E-state index is 12.2. The Bertz CT molecular complexity index is 394. The Labute approximate surface area is 101 Å².